The highest BCUT2D eigenvalue weighted by atomic mass is 79.9. The van der Waals surface area contributed by atoms with Crippen LogP contribution in [0.5, 0.6) is 5.75 Å². The summed E-state index contributed by atoms with van der Waals surface area (Å²) in [7, 11) is 0. The van der Waals surface area contributed by atoms with Gasteiger partial charge in [-0.3, -0.25) is 0 Å². The lowest BCUT2D eigenvalue weighted by molar-refractivity contribution is -0.0517. The highest BCUT2D eigenvalue weighted by Gasteiger charge is 2.43. The Morgan fingerprint density at radius 2 is 2.23 bits per heavy atom. The zero-order chi connectivity index (χ0) is 15.7. The molecule has 1 aromatic rings. The summed E-state index contributed by atoms with van der Waals surface area (Å²) in [5, 5.41) is 10.5. The number of aliphatic hydroxyl groups excluding tert-OH is 1. The van der Waals surface area contributed by atoms with Gasteiger partial charge in [-0.25, -0.2) is 4.79 Å². The SMILES string of the molecule is CCOC(=O)N1CCC2(CC1)C[C@H](O)c1cc(Br)ccc1O2. The molecule has 120 valence electrons. The third kappa shape index (κ3) is 2.94. The number of likely N-dealkylation sites (tertiary alicyclic amines) is 1. The highest BCUT2D eigenvalue weighted by Crippen LogP contribution is 2.45. The van der Waals surface area contributed by atoms with Crippen molar-refractivity contribution in [1.29, 1.82) is 0 Å². The Kier molecular flexibility index (Phi) is 4.32. The molecule has 1 amide bonds. The second-order valence-electron chi connectivity index (χ2n) is 5.87. The molecule has 0 aromatic heterocycles. The van der Waals surface area contributed by atoms with Crippen molar-refractivity contribution < 1.29 is 19.4 Å². The van der Waals surface area contributed by atoms with Crippen LogP contribution in [0.2, 0.25) is 0 Å². The first-order chi connectivity index (χ1) is 10.5. The fraction of sp³-hybridized carbons (Fsp3) is 0.562. The molecule has 1 spiro atoms. The number of benzene rings is 1. The minimum atomic E-state index is -0.532. The third-order valence-electron chi connectivity index (χ3n) is 4.42. The summed E-state index contributed by atoms with van der Waals surface area (Å²) in [5.74, 6) is 0.742. The van der Waals surface area contributed by atoms with Crippen LogP contribution in [0.15, 0.2) is 22.7 Å². The third-order valence-corrected chi connectivity index (χ3v) is 4.92. The number of fused-ring (bicyclic) bond motifs is 1. The zero-order valence-electron chi connectivity index (χ0n) is 12.5. The van der Waals surface area contributed by atoms with Crippen molar-refractivity contribution in [2.24, 2.45) is 0 Å². The average Bonchev–Trinajstić information content (AvgIpc) is 2.49. The summed E-state index contributed by atoms with van der Waals surface area (Å²) < 4.78 is 12.2. The number of hydrogen-bond acceptors (Lipinski definition) is 4. The van der Waals surface area contributed by atoms with Crippen molar-refractivity contribution >= 4 is 22.0 Å². The number of rotatable bonds is 1. The average molecular weight is 370 g/mol. The molecule has 5 nitrogen and oxygen atoms in total. The van der Waals surface area contributed by atoms with E-state index in [9.17, 15) is 9.90 Å². The lowest BCUT2D eigenvalue weighted by atomic mass is 9.82. The Balaban J connectivity index is 1.72. The topological polar surface area (TPSA) is 59.0 Å². The van der Waals surface area contributed by atoms with Crippen molar-refractivity contribution in [3.05, 3.63) is 28.2 Å². The number of aliphatic hydroxyl groups is 1. The molecular weight excluding hydrogens is 350 g/mol. The van der Waals surface area contributed by atoms with Gasteiger partial charge in [-0.2, -0.15) is 0 Å². The van der Waals surface area contributed by atoms with E-state index in [0.29, 0.717) is 39.0 Å². The molecule has 0 radical (unpaired) electrons. The first-order valence-corrected chi connectivity index (χ1v) is 8.40. The Morgan fingerprint density at radius 3 is 2.91 bits per heavy atom. The summed E-state index contributed by atoms with van der Waals surface area (Å²) in [4.78, 5) is 13.5. The summed E-state index contributed by atoms with van der Waals surface area (Å²) >= 11 is 3.42. The monoisotopic (exact) mass is 369 g/mol. The first kappa shape index (κ1) is 15.6. The van der Waals surface area contributed by atoms with Gasteiger partial charge in [-0.15, -0.1) is 0 Å². The number of nitrogens with zero attached hydrogens (tertiary/aromatic N) is 1. The van der Waals surface area contributed by atoms with Gasteiger partial charge >= 0.3 is 6.09 Å². The molecule has 0 unspecified atom stereocenters. The van der Waals surface area contributed by atoms with Crippen LogP contribution in [0.1, 0.15) is 37.9 Å². The van der Waals surface area contributed by atoms with Crippen molar-refractivity contribution in [3.8, 4) is 5.75 Å². The molecule has 1 atom stereocenters. The van der Waals surface area contributed by atoms with Crippen LogP contribution in [0.4, 0.5) is 4.79 Å². The van der Waals surface area contributed by atoms with E-state index >= 15 is 0 Å². The van der Waals surface area contributed by atoms with Crippen molar-refractivity contribution in [3.63, 3.8) is 0 Å². The molecule has 1 saturated heterocycles. The summed E-state index contributed by atoms with van der Waals surface area (Å²) in [6, 6.07) is 5.71. The fourth-order valence-electron chi connectivity index (χ4n) is 3.23. The molecule has 0 saturated carbocycles. The standard InChI is InChI=1S/C16H20BrNO4/c1-2-21-15(20)18-7-5-16(6-8-18)10-13(19)12-9-11(17)3-4-14(12)22-16/h3-4,9,13,19H,2,5-8,10H2,1H3/t13-/m0/s1. The molecule has 3 rings (SSSR count). The van der Waals surface area contributed by atoms with E-state index in [4.69, 9.17) is 9.47 Å². The van der Waals surface area contributed by atoms with Gasteiger partial charge in [-0.1, -0.05) is 15.9 Å². The molecular formula is C16H20BrNO4. The molecule has 1 fully saturated rings. The van der Waals surface area contributed by atoms with Gasteiger partial charge in [0.05, 0.1) is 12.7 Å². The van der Waals surface area contributed by atoms with Gasteiger partial charge in [0.2, 0.25) is 0 Å². The molecule has 0 bridgehead atoms. The van der Waals surface area contributed by atoms with Crippen LogP contribution in [-0.4, -0.2) is 41.4 Å². The molecule has 22 heavy (non-hydrogen) atoms. The number of amides is 1. The van der Waals surface area contributed by atoms with Gasteiger partial charge in [0.25, 0.3) is 0 Å². The van der Waals surface area contributed by atoms with E-state index in [1.54, 1.807) is 11.8 Å². The summed E-state index contributed by atoms with van der Waals surface area (Å²) in [6.45, 7) is 3.38. The number of hydrogen-bond donors (Lipinski definition) is 1. The minimum absolute atomic E-state index is 0.266. The van der Waals surface area contributed by atoms with E-state index in [0.717, 1.165) is 15.8 Å². The highest BCUT2D eigenvalue weighted by molar-refractivity contribution is 9.10. The largest absolute Gasteiger partial charge is 0.487 e. The summed E-state index contributed by atoms with van der Waals surface area (Å²) in [6.07, 6.45) is 1.18. The maximum Gasteiger partial charge on any atom is 0.409 e. The van der Waals surface area contributed by atoms with Gasteiger partial charge < -0.3 is 19.5 Å². The summed E-state index contributed by atoms with van der Waals surface area (Å²) in [5.41, 5.74) is 0.441. The smallest absolute Gasteiger partial charge is 0.409 e. The first-order valence-electron chi connectivity index (χ1n) is 7.61. The molecule has 6 heteroatoms. The Morgan fingerprint density at radius 1 is 1.50 bits per heavy atom. The van der Waals surface area contributed by atoms with E-state index in [2.05, 4.69) is 15.9 Å². The van der Waals surface area contributed by atoms with Crippen molar-refractivity contribution in [2.45, 2.75) is 37.9 Å². The van der Waals surface area contributed by atoms with Crippen LogP contribution in [0.3, 0.4) is 0 Å². The predicted molar refractivity (Wildman–Crippen MR) is 84.9 cm³/mol. The van der Waals surface area contributed by atoms with Crippen LogP contribution >= 0.6 is 15.9 Å². The minimum Gasteiger partial charge on any atom is -0.487 e. The fourth-order valence-corrected chi connectivity index (χ4v) is 3.61. The number of carbonyl (C=O) groups is 1. The second-order valence-corrected chi connectivity index (χ2v) is 6.79. The molecule has 0 aliphatic carbocycles. The molecule has 1 N–H and O–H groups in total. The quantitative estimate of drug-likeness (QED) is 0.825. The van der Waals surface area contributed by atoms with Crippen LogP contribution in [0.25, 0.3) is 0 Å². The van der Waals surface area contributed by atoms with Gasteiger partial charge in [0, 0.05) is 42.4 Å². The maximum absolute atomic E-state index is 11.8. The van der Waals surface area contributed by atoms with Gasteiger partial charge in [0.1, 0.15) is 11.4 Å². The Hall–Kier alpha value is -1.27. The Bertz CT molecular complexity index is 569. The molecule has 2 aliphatic rings. The van der Waals surface area contributed by atoms with Crippen molar-refractivity contribution in [1.82, 2.24) is 4.90 Å². The number of piperidine rings is 1. The number of carbonyl (C=O) groups excluding carboxylic acids is 1. The zero-order valence-corrected chi connectivity index (χ0v) is 14.1. The van der Waals surface area contributed by atoms with Gasteiger partial charge in [0.15, 0.2) is 0 Å². The van der Waals surface area contributed by atoms with Crippen LogP contribution < -0.4 is 4.74 Å². The molecule has 2 heterocycles. The molecule has 1 aromatic carbocycles. The Labute approximate surface area is 138 Å². The van der Waals surface area contributed by atoms with Crippen molar-refractivity contribution in [2.75, 3.05) is 19.7 Å². The number of halogens is 1. The maximum atomic E-state index is 11.8. The predicted octanol–water partition coefficient (Wildman–Crippen LogP) is 3.26. The van der Waals surface area contributed by atoms with E-state index in [1.165, 1.54) is 0 Å². The second kappa shape index (κ2) is 6.08. The lowest BCUT2D eigenvalue weighted by Crippen LogP contribution is -2.51. The van der Waals surface area contributed by atoms with E-state index in [-0.39, 0.29) is 11.7 Å². The van der Waals surface area contributed by atoms with Gasteiger partial charge in [-0.05, 0) is 25.1 Å². The van der Waals surface area contributed by atoms with Crippen LogP contribution in [0, 0.1) is 0 Å². The lowest BCUT2D eigenvalue weighted by Gasteiger charge is -2.45. The normalized spacial score (nSPS) is 22.9. The number of ether oxygens (including phenoxy) is 2. The van der Waals surface area contributed by atoms with Crippen LogP contribution in [-0.2, 0) is 4.74 Å². The molecule has 2 aliphatic heterocycles. The van der Waals surface area contributed by atoms with E-state index < -0.39 is 6.10 Å². The van der Waals surface area contributed by atoms with E-state index in [1.807, 2.05) is 18.2 Å².